The fraction of sp³-hybridized carbons (Fsp3) is 0.667. The molecule has 3 heteroatoms. The van der Waals surface area contributed by atoms with E-state index in [0.29, 0.717) is 5.92 Å². The van der Waals surface area contributed by atoms with Crippen LogP contribution in [0.15, 0.2) is 22.7 Å². The lowest BCUT2D eigenvalue weighted by atomic mass is 9.77. The van der Waals surface area contributed by atoms with Gasteiger partial charge in [0.15, 0.2) is 0 Å². The molecule has 0 radical (unpaired) electrons. The summed E-state index contributed by atoms with van der Waals surface area (Å²) in [4.78, 5) is 0. The normalized spacial score (nSPS) is 30.7. The second kappa shape index (κ2) is 6.00. The molecule has 2 fully saturated rings. The van der Waals surface area contributed by atoms with Crippen molar-refractivity contribution in [3.63, 3.8) is 0 Å². The van der Waals surface area contributed by atoms with Gasteiger partial charge in [-0.05, 0) is 73.1 Å². The lowest BCUT2D eigenvalue weighted by molar-refractivity contribution is 0.242. The third-order valence-electron chi connectivity index (χ3n) is 5.09. The van der Waals surface area contributed by atoms with Crippen molar-refractivity contribution >= 4 is 15.9 Å². The first-order valence-electron chi connectivity index (χ1n) is 8.12. The second-order valence-corrected chi connectivity index (χ2v) is 8.52. The van der Waals surface area contributed by atoms with Gasteiger partial charge in [-0.3, -0.25) is 0 Å². The molecule has 21 heavy (non-hydrogen) atoms. The first-order chi connectivity index (χ1) is 9.97. The SMILES string of the molecule is CC(C)CNCC1(Cc2ccc(Br)cc2F)CC2CC2C1. The average Bonchev–Trinajstić information content (AvgIpc) is 3.01. The van der Waals surface area contributed by atoms with Gasteiger partial charge in [-0.25, -0.2) is 4.39 Å². The minimum atomic E-state index is -0.0619. The Morgan fingerprint density at radius 3 is 2.67 bits per heavy atom. The molecule has 0 aromatic heterocycles. The van der Waals surface area contributed by atoms with Crippen molar-refractivity contribution in [3.8, 4) is 0 Å². The fourth-order valence-corrected chi connectivity index (χ4v) is 4.39. The summed E-state index contributed by atoms with van der Waals surface area (Å²) in [6.45, 7) is 6.56. The van der Waals surface area contributed by atoms with E-state index >= 15 is 0 Å². The predicted molar refractivity (Wildman–Crippen MR) is 88.8 cm³/mol. The lowest BCUT2D eigenvalue weighted by Gasteiger charge is -2.32. The van der Waals surface area contributed by atoms with Crippen molar-refractivity contribution in [2.45, 2.75) is 39.5 Å². The third kappa shape index (κ3) is 3.68. The molecule has 2 atom stereocenters. The van der Waals surface area contributed by atoms with E-state index in [-0.39, 0.29) is 11.2 Å². The van der Waals surface area contributed by atoms with Crippen molar-refractivity contribution in [2.24, 2.45) is 23.2 Å². The highest BCUT2D eigenvalue weighted by atomic mass is 79.9. The summed E-state index contributed by atoms with van der Waals surface area (Å²) in [5, 5.41) is 3.63. The minimum absolute atomic E-state index is 0.0619. The van der Waals surface area contributed by atoms with E-state index in [2.05, 4.69) is 35.1 Å². The third-order valence-corrected chi connectivity index (χ3v) is 5.59. The first-order valence-corrected chi connectivity index (χ1v) is 8.91. The Hall–Kier alpha value is -0.410. The van der Waals surface area contributed by atoms with Gasteiger partial charge < -0.3 is 5.32 Å². The summed E-state index contributed by atoms with van der Waals surface area (Å²) < 4.78 is 15.0. The molecule has 1 nitrogen and oxygen atoms in total. The van der Waals surface area contributed by atoms with Gasteiger partial charge in [-0.2, -0.15) is 0 Å². The van der Waals surface area contributed by atoms with Crippen LogP contribution < -0.4 is 5.32 Å². The van der Waals surface area contributed by atoms with Crippen LogP contribution in [-0.2, 0) is 6.42 Å². The molecule has 2 aliphatic carbocycles. The number of hydrogen-bond acceptors (Lipinski definition) is 1. The van der Waals surface area contributed by atoms with Gasteiger partial charge >= 0.3 is 0 Å². The lowest BCUT2D eigenvalue weighted by Crippen LogP contribution is -2.37. The highest BCUT2D eigenvalue weighted by molar-refractivity contribution is 9.10. The molecule has 0 spiro atoms. The van der Waals surface area contributed by atoms with Crippen LogP contribution in [0.2, 0.25) is 0 Å². The Morgan fingerprint density at radius 1 is 1.33 bits per heavy atom. The maximum atomic E-state index is 14.2. The Balaban J connectivity index is 1.70. The zero-order chi connectivity index (χ0) is 15.0. The van der Waals surface area contributed by atoms with Crippen molar-refractivity contribution in [1.29, 1.82) is 0 Å². The Labute approximate surface area is 135 Å². The van der Waals surface area contributed by atoms with Crippen molar-refractivity contribution in [3.05, 3.63) is 34.1 Å². The monoisotopic (exact) mass is 353 g/mol. The van der Waals surface area contributed by atoms with Crippen LogP contribution in [0.3, 0.4) is 0 Å². The smallest absolute Gasteiger partial charge is 0.127 e. The van der Waals surface area contributed by atoms with Crippen LogP contribution in [0.25, 0.3) is 0 Å². The largest absolute Gasteiger partial charge is 0.316 e. The average molecular weight is 354 g/mol. The second-order valence-electron chi connectivity index (χ2n) is 7.60. The van der Waals surface area contributed by atoms with E-state index in [1.54, 1.807) is 6.07 Å². The van der Waals surface area contributed by atoms with Crippen LogP contribution in [0, 0.1) is 29.0 Å². The van der Waals surface area contributed by atoms with Crippen molar-refractivity contribution in [1.82, 2.24) is 5.32 Å². The van der Waals surface area contributed by atoms with E-state index < -0.39 is 0 Å². The molecule has 1 aromatic carbocycles. The Kier molecular flexibility index (Phi) is 4.42. The maximum absolute atomic E-state index is 14.2. The van der Waals surface area contributed by atoms with Gasteiger partial charge in [0.2, 0.25) is 0 Å². The molecule has 2 aliphatic rings. The maximum Gasteiger partial charge on any atom is 0.127 e. The quantitative estimate of drug-likeness (QED) is 0.774. The molecular formula is C18H25BrFN. The van der Waals surface area contributed by atoms with Gasteiger partial charge in [0.1, 0.15) is 5.82 Å². The fourth-order valence-electron chi connectivity index (χ4n) is 4.05. The summed E-state index contributed by atoms with van der Waals surface area (Å²) in [7, 11) is 0. The molecule has 0 saturated heterocycles. The van der Waals surface area contributed by atoms with Crippen LogP contribution >= 0.6 is 15.9 Å². The van der Waals surface area contributed by atoms with Crippen molar-refractivity contribution in [2.75, 3.05) is 13.1 Å². The van der Waals surface area contributed by atoms with Crippen molar-refractivity contribution < 1.29 is 4.39 Å². The van der Waals surface area contributed by atoms with Crippen LogP contribution in [0.5, 0.6) is 0 Å². The Morgan fingerprint density at radius 2 is 2.05 bits per heavy atom. The van der Waals surface area contributed by atoms with Gasteiger partial charge in [0, 0.05) is 11.0 Å². The molecule has 1 N–H and O–H groups in total. The number of benzene rings is 1. The van der Waals surface area contributed by atoms with Crippen LogP contribution in [-0.4, -0.2) is 13.1 Å². The zero-order valence-electron chi connectivity index (χ0n) is 13.0. The Bertz CT molecular complexity index is 504. The molecule has 0 heterocycles. The summed E-state index contributed by atoms with van der Waals surface area (Å²) in [5.74, 6) is 2.45. The van der Waals surface area contributed by atoms with E-state index in [9.17, 15) is 4.39 Å². The van der Waals surface area contributed by atoms with Gasteiger partial charge in [-0.15, -0.1) is 0 Å². The molecule has 2 unspecified atom stereocenters. The van der Waals surface area contributed by atoms with Gasteiger partial charge in [0.25, 0.3) is 0 Å². The number of halogens is 2. The van der Waals surface area contributed by atoms with E-state index in [1.165, 1.54) is 19.3 Å². The molecule has 2 saturated carbocycles. The first kappa shape index (κ1) is 15.5. The molecule has 0 aliphatic heterocycles. The van der Waals surface area contributed by atoms with Crippen LogP contribution in [0.1, 0.15) is 38.7 Å². The topological polar surface area (TPSA) is 12.0 Å². The summed E-state index contributed by atoms with van der Waals surface area (Å²) in [6, 6.07) is 5.51. The number of nitrogens with one attached hydrogen (secondary N) is 1. The summed E-state index contributed by atoms with van der Waals surface area (Å²) in [6.07, 6.45) is 4.84. The van der Waals surface area contributed by atoms with Gasteiger partial charge in [0.05, 0.1) is 0 Å². The molecule has 0 amide bonds. The van der Waals surface area contributed by atoms with E-state index in [4.69, 9.17) is 0 Å². The summed E-state index contributed by atoms with van der Waals surface area (Å²) in [5.41, 5.74) is 1.16. The molecule has 0 bridgehead atoms. The van der Waals surface area contributed by atoms with E-state index in [0.717, 1.165) is 41.4 Å². The number of fused-ring (bicyclic) bond motifs is 1. The number of hydrogen-bond donors (Lipinski definition) is 1. The summed E-state index contributed by atoms with van der Waals surface area (Å²) >= 11 is 3.34. The minimum Gasteiger partial charge on any atom is -0.316 e. The van der Waals surface area contributed by atoms with E-state index in [1.807, 2.05) is 12.1 Å². The predicted octanol–water partition coefficient (Wildman–Crippen LogP) is 4.79. The molecule has 1 aromatic rings. The molecule has 116 valence electrons. The molecular weight excluding hydrogens is 329 g/mol. The van der Waals surface area contributed by atoms with Crippen LogP contribution in [0.4, 0.5) is 4.39 Å². The highest BCUT2D eigenvalue weighted by Crippen LogP contribution is 2.60. The number of rotatable bonds is 6. The standard InChI is InChI=1S/C18H25BrFN/c1-12(2)10-21-11-18(8-14-5-15(14)9-18)7-13-3-4-16(19)6-17(13)20/h3-4,6,12,14-15,21H,5,7-11H2,1-2H3. The molecule has 3 rings (SSSR count). The zero-order valence-corrected chi connectivity index (χ0v) is 14.5. The van der Waals surface area contributed by atoms with Gasteiger partial charge in [-0.1, -0.05) is 35.8 Å². The highest BCUT2D eigenvalue weighted by Gasteiger charge is 2.53.